The third-order valence-electron chi connectivity index (χ3n) is 5.79. The first-order chi connectivity index (χ1) is 11.7. The maximum Gasteiger partial charge on any atom is 0.223 e. The van der Waals surface area contributed by atoms with Crippen molar-refractivity contribution in [3.8, 4) is 0 Å². The van der Waals surface area contributed by atoms with Crippen molar-refractivity contribution in [2.75, 3.05) is 6.54 Å². The van der Waals surface area contributed by atoms with Gasteiger partial charge in [0.2, 0.25) is 5.91 Å². The Balaban J connectivity index is 1.61. The van der Waals surface area contributed by atoms with E-state index in [1.165, 1.54) is 18.4 Å². The molecule has 2 fully saturated rings. The monoisotopic (exact) mass is 325 g/mol. The third-order valence-corrected chi connectivity index (χ3v) is 5.79. The highest BCUT2D eigenvalue weighted by Gasteiger charge is 2.36. The standard InChI is InChI=1S/C20H27N3O/c1-3-22-17-8-5-4-7-16(17)21-20(22)18-9-6-12-23(18)19(24)13-14(2)15-10-11-15/h4-5,7-8,14-15,18H,3,6,9-13H2,1-2H3/t14-,18+/m0/s1. The van der Waals surface area contributed by atoms with E-state index in [1.807, 2.05) is 6.07 Å². The van der Waals surface area contributed by atoms with Crippen molar-refractivity contribution in [1.82, 2.24) is 14.5 Å². The summed E-state index contributed by atoms with van der Waals surface area (Å²) in [6.07, 6.45) is 5.44. The second-order valence-corrected chi connectivity index (χ2v) is 7.47. The van der Waals surface area contributed by atoms with Gasteiger partial charge < -0.3 is 9.47 Å². The molecule has 1 saturated carbocycles. The molecule has 0 bridgehead atoms. The van der Waals surface area contributed by atoms with Crippen molar-refractivity contribution < 1.29 is 4.79 Å². The van der Waals surface area contributed by atoms with Crippen LogP contribution in [0.3, 0.4) is 0 Å². The lowest BCUT2D eigenvalue weighted by molar-refractivity contribution is -0.133. The zero-order valence-corrected chi connectivity index (χ0v) is 14.7. The molecule has 2 atom stereocenters. The average molecular weight is 325 g/mol. The van der Waals surface area contributed by atoms with Gasteiger partial charge in [0.25, 0.3) is 0 Å². The van der Waals surface area contributed by atoms with Gasteiger partial charge in [-0.1, -0.05) is 19.1 Å². The Morgan fingerprint density at radius 2 is 2.08 bits per heavy atom. The van der Waals surface area contributed by atoms with E-state index in [2.05, 4.69) is 41.5 Å². The molecule has 0 unspecified atom stereocenters. The summed E-state index contributed by atoms with van der Waals surface area (Å²) in [4.78, 5) is 19.9. The van der Waals surface area contributed by atoms with Crippen molar-refractivity contribution in [3.05, 3.63) is 30.1 Å². The summed E-state index contributed by atoms with van der Waals surface area (Å²) in [6.45, 7) is 6.18. The fourth-order valence-corrected chi connectivity index (χ4v) is 4.24. The topological polar surface area (TPSA) is 38.1 Å². The average Bonchev–Trinajstić information content (AvgIpc) is 3.21. The van der Waals surface area contributed by atoms with Gasteiger partial charge in [-0.15, -0.1) is 0 Å². The summed E-state index contributed by atoms with van der Waals surface area (Å²) in [7, 11) is 0. The van der Waals surface area contributed by atoms with Crippen LogP contribution >= 0.6 is 0 Å². The molecule has 1 aromatic carbocycles. The Bertz CT molecular complexity index is 746. The van der Waals surface area contributed by atoms with Crippen LogP contribution in [-0.4, -0.2) is 26.9 Å². The van der Waals surface area contributed by atoms with Crippen LogP contribution in [0, 0.1) is 11.8 Å². The summed E-state index contributed by atoms with van der Waals surface area (Å²) >= 11 is 0. The van der Waals surface area contributed by atoms with Crippen molar-refractivity contribution >= 4 is 16.9 Å². The van der Waals surface area contributed by atoms with Gasteiger partial charge in [0.1, 0.15) is 5.82 Å². The smallest absolute Gasteiger partial charge is 0.223 e. The lowest BCUT2D eigenvalue weighted by atomic mass is 10.0. The molecule has 0 spiro atoms. The number of nitrogens with zero attached hydrogens (tertiary/aromatic N) is 3. The number of aromatic nitrogens is 2. The number of benzene rings is 1. The molecule has 1 aliphatic carbocycles. The number of hydrogen-bond acceptors (Lipinski definition) is 2. The first kappa shape index (κ1) is 15.7. The van der Waals surface area contributed by atoms with E-state index >= 15 is 0 Å². The molecule has 1 aromatic heterocycles. The maximum absolute atomic E-state index is 12.9. The van der Waals surface area contributed by atoms with Crippen molar-refractivity contribution in [2.24, 2.45) is 11.8 Å². The highest BCUT2D eigenvalue weighted by Crippen LogP contribution is 2.40. The highest BCUT2D eigenvalue weighted by atomic mass is 16.2. The van der Waals surface area contributed by atoms with Crippen molar-refractivity contribution in [1.29, 1.82) is 0 Å². The van der Waals surface area contributed by atoms with Gasteiger partial charge in [-0.3, -0.25) is 4.79 Å². The number of fused-ring (bicyclic) bond motifs is 1. The Hall–Kier alpha value is -1.84. The third kappa shape index (κ3) is 2.72. The molecule has 0 radical (unpaired) electrons. The van der Waals surface area contributed by atoms with Crippen LogP contribution in [0.25, 0.3) is 11.0 Å². The zero-order chi connectivity index (χ0) is 16.7. The molecule has 128 valence electrons. The SMILES string of the molecule is CCn1c([C@H]2CCCN2C(=O)C[C@H](C)C2CC2)nc2ccccc21. The molecular formula is C20H27N3O. The van der Waals surface area contributed by atoms with Crippen LogP contribution in [0.1, 0.15) is 57.8 Å². The predicted molar refractivity (Wildman–Crippen MR) is 95.6 cm³/mol. The molecule has 2 aromatic rings. The van der Waals surface area contributed by atoms with E-state index in [4.69, 9.17) is 4.98 Å². The van der Waals surface area contributed by atoms with E-state index in [0.29, 0.717) is 18.2 Å². The zero-order valence-electron chi connectivity index (χ0n) is 14.7. The van der Waals surface area contributed by atoms with Gasteiger partial charge in [0, 0.05) is 19.5 Å². The van der Waals surface area contributed by atoms with Crippen LogP contribution in [0.15, 0.2) is 24.3 Å². The minimum Gasteiger partial charge on any atom is -0.332 e. The van der Waals surface area contributed by atoms with Gasteiger partial charge in [-0.2, -0.15) is 0 Å². The van der Waals surface area contributed by atoms with Gasteiger partial charge >= 0.3 is 0 Å². The minimum absolute atomic E-state index is 0.149. The minimum atomic E-state index is 0.149. The molecule has 4 rings (SSSR count). The van der Waals surface area contributed by atoms with Crippen LogP contribution in [0.4, 0.5) is 0 Å². The van der Waals surface area contributed by atoms with E-state index in [0.717, 1.165) is 43.2 Å². The number of para-hydroxylation sites is 2. The van der Waals surface area contributed by atoms with Crippen LogP contribution in [0.5, 0.6) is 0 Å². The van der Waals surface area contributed by atoms with E-state index in [1.54, 1.807) is 0 Å². The van der Waals surface area contributed by atoms with E-state index < -0.39 is 0 Å². The number of carbonyl (C=O) groups excluding carboxylic acids is 1. The van der Waals surface area contributed by atoms with Gasteiger partial charge in [0.15, 0.2) is 0 Å². The molecule has 1 aliphatic heterocycles. The van der Waals surface area contributed by atoms with E-state index in [9.17, 15) is 4.79 Å². The van der Waals surface area contributed by atoms with Crippen LogP contribution in [0.2, 0.25) is 0 Å². The largest absolute Gasteiger partial charge is 0.332 e. The Labute approximate surface area is 143 Å². The predicted octanol–water partition coefficient (Wildman–Crippen LogP) is 4.16. The molecule has 24 heavy (non-hydrogen) atoms. The molecular weight excluding hydrogens is 298 g/mol. The number of amides is 1. The molecule has 2 heterocycles. The molecule has 0 N–H and O–H groups in total. The number of imidazole rings is 1. The molecule has 4 nitrogen and oxygen atoms in total. The second kappa shape index (κ2) is 6.23. The lowest BCUT2D eigenvalue weighted by Gasteiger charge is -2.26. The Morgan fingerprint density at radius 1 is 1.29 bits per heavy atom. The fourth-order valence-electron chi connectivity index (χ4n) is 4.24. The Kier molecular flexibility index (Phi) is 4.07. The Morgan fingerprint density at radius 3 is 2.83 bits per heavy atom. The first-order valence-electron chi connectivity index (χ1n) is 9.43. The maximum atomic E-state index is 12.9. The lowest BCUT2D eigenvalue weighted by Crippen LogP contribution is -2.33. The summed E-state index contributed by atoms with van der Waals surface area (Å²) in [6, 6.07) is 8.45. The van der Waals surface area contributed by atoms with Crippen molar-refractivity contribution in [2.45, 2.75) is 58.5 Å². The number of hydrogen-bond donors (Lipinski definition) is 0. The summed E-state index contributed by atoms with van der Waals surface area (Å²) in [5, 5.41) is 0. The van der Waals surface area contributed by atoms with Gasteiger partial charge in [-0.25, -0.2) is 4.98 Å². The van der Waals surface area contributed by atoms with Crippen molar-refractivity contribution in [3.63, 3.8) is 0 Å². The number of aryl methyl sites for hydroxylation is 1. The molecule has 1 amide bonds. The van der Waals surface area contributed by atoms with E-state index in [-0.39, 0.29) is 6.04 Å². The quantitative estimate of drug-likeness (QED) is 0.828. The summed E-state index contributed by atoms with van der Waals surface area (Å²) in [5.41, 5.74) is 2.22. The van der Waals surface area contributed by atoms with Crippen LogP contribution in [-0.2, 0) is 11.3 Å². The molecule has 4 heteroatoms. The number of rotatable bonds is 5. The van der Waals surface area contributed by atoms with Crippen LogP contribution < -0.4 is 0 Å². The molecule has 1 saturated heterocycles. The number of carbonyl (C=O) groups is 1. The number of likely N-dealkylation sites (tertiary alicyclic amines) is 1. The normalized spacial score (nSPS) is 22.2. The van der Waals surface area contributed by atoms with Gasteiger partial charge in [-0.05, 0) is 56.6 Å². The fraction of sp³-hybridized carbons (Fsp3) is 0.600. The first-order valence-corrected chi connectivity index (χ1v) is 9.43. The highest BCUT2D eigenvalue weighted by molar-refractivity contribution is 5.78. The second-order valence-electron chi connectivity index (χ2n) is 7.47. The summed E-state index contributed by atoms with van der Waals surface area (Å²) in [5.74, 6) is 2.72. The van der Waals surface area contributed by atoms with Gasteiger partial charge in [0.05, 0.1) is 17.1 Å². The summed E-state index contributed by atoms with van der Waals surface area (Å²) < 4.78 is 2.29. The molecule has 2 aliphatic rings.